The van der Waals surface area contributed by atoms with Crippen LogP contribution in [0.1, 0.15) is 16.8 Å². The van der Waals surface area contributed by atoms with Gasteiger partial charge in [0, 0.05) is 36.1 Å². The first-order chi connectivity index (χ1) is 14.1. The highest BCUT2D eigenvalue weighted by atomic mass is 35.5. The number of rotatable bonds is 7. The summed E-state index contributed by atoms with van der Waals surface area (Å²) in [5, 5.41) is 1.19. The molecule has 2 aromatic carbocycles. The molecule has 2 aromatic heterocycles. The van der Waals surface area contributed by atoms with Crippen molar-refractivity contribution in [2.24, 2.45) is 0 Å². The van der Waals surface area contributed by atoms with Crippen LogP contribution in [0.2, 0.25) is 5.02 Å². The van der Waals surface area contributed by atoms with Crippen LogP contribution in [0, 0.1) is 0 Å². The number of carbonyl (C=O) groups excluding carboxylic acids is 1. The number of carbonyl (C=O) groups is 1. The zero-order valence-electron chi connectivity index (χ0n) is 15.8. The topological polar surface area (TPSA) is 60.2 Å². The zero-order valence-corrected chi connectivity index (χ0v) is 17.4. The van der Waals surface area contributed by atoms with Crippen molar-refractivity contribution in [3.05, 3.63) is 71.8 Å². The van der Waals surface area contributed by atoms with Crippen molar-refractivity contribution in [2.75, 3.05) is 18.6 Å². The van der Waals surface area contributed by atoms with E-state index >= 15 is 0 Å². The largest absolute Gasteiger partial charge is 0.497 e. The summed E-state index contributed by atoms with van der Waals surface area (Å²) < 4.78 is 8.26. The van der Waals surface area contributed by atoms with E-state index < -0.39 is 0 Å². The van der Waals surface area contributed by atoms with Gasteiger partial charge >= 0.3 is 0 Å². The fraction of sp³-hybridized carbons (Fsp3) is 0.190. The van der Waals surface area contributed by atoms with Crippen molar-refractivity contribution in [1.82, 2.24) is 14.5 Å². The number of ether oxygens (including phenoxy) is 1. The first-order valence-electron chi connectivity index (χ1n) is 9.12. The minimum atomic E-state index is -0.121. The summed E-state index contributed by atoms with van der Waals surface area (Å²) in [6, 6.07) is 12.7. The number of aryl methyl sites for hydroxylation is 1. The maximum absolute atomic E-state index is 13.3. The van der Waals surface area contributed by atoms with Crippen LogP contribution in [-0.4, -0.2) is 34.1 Å². The molecule has 0 aliphatic heterocycles. The highest BCUT2D eigenvalue weighted by Gasteiger charge is 2.21. The molecule has 0 unspecified atom stereocenters. The Morgan fingerprint density at radius 3 is 2.93 bits per heavy atom. The summed E-state index contributed by atoms with van der Waals surface area (Å²) in [7, 11) is 1.63. The number of anilines is 1. The van der Waals surface area contributed by atoms with Crippen LogP contribution in [0.3, 0.4) is 0 Å². The first kappa shape index (κ1) is 19.4. The Morgan fingerprint density at radius 2 is 2.17 bits per heavy atom. The lowest BCUT2D eigenvalue weighted by Gasteiger charge is -2.20. The lowest BCUT2D eigenvalue weighted by molar-refractivity contribution is 0.0986. The molecule has 0 N–H and O–H groups in total. The van der Waals surface area contributed by atoms with Crippen LogP contribution in [0.15, 0.2) is 61.2 Å². The second kappa shape index (κ2) is 8.63. The molecule has 29 heavy (non-hydrogen) atoms. The molecule has 8 heteroatoms. The summed E-state index contributed by atoms with van der Waals surface area (Å²) in [6.45, 7) is 1.29. The number of hydrogen-bond donors (Lipinski definition) is 0. The summed E-state index contributed by atoms with van der Waals surface area (Å²) >= 11 is 7.57. The highest BCUT2D eigenvalue weighted by Crippen LogP contribution is 2.32. The van der Waals surface area contributed by atoms with E-state index in [9.17, 15) is 4.79 Å². The van der Waals surface area contributed by atoms with Gasteiger partial charge in [-0.15, -0.1) is 0 Å². The van der Waals surface area contributed by atoms with Crippen molar-refractivity contribution < 1.29 is 9.53 Å². The van der Waals surface area contributed by atoms with Gasteiger partial charge in [0.15, 0.2) is 5.13 Å². The average Bonchev–Trinajstić information content (AvgIpc) is 3.39. The van der Waals surface area contributed by atoms with Gasteiger partial charge in [0.2, 0.25) is 0 Å². The van der Waals surface area contributed by atoms with Gasteiger partial charge in [-0.1, -0.05) is 29.0 Å². The molecule has 4 rings (SSSR count). The van der Waals surface area contributed by atoms with E-state index in [1.165, 1.54) is 11.3 Å². The van der Waals surface area contributed by atoms with Crippen molar-refractivity contribution in [2.45, 2.75) is 13.0 Å². The third kappa shape index (κ3) is 4.41. The van der Waals surface area contributed by atoms with Gasteiger partial charge < -0.3 is 9.30 Å². The third-order valence-corrected chi connectivity index (χ3v) is 5.77. The molecular formula is C21H19ClN4O2S. The molecule has 1 amide bonds. The molecule has 0 radical (unpaired) electrons. The molecular weight excluding hydrogens is 408 g/mol. The van der Waals surface area contributed by atoms with E-state index in [1.807, 2.05) is 29.0 Å². The number of nitrogens with zero attached hydrogens (tertiary/aromatic N) is 4. The zero-order chi connectivity index (χ0) is 20.2. The predicted molar refractivity (Wildman–Crippen MR) is 116 cm³/mol. The highest BCUT2D eigenvalue weighted by molar-refractivity contribution is 7.22. The van der Waals surface area contributed by atoms with E-state index in [2.05, 4.69) is 9.97 Å². The van der Waals surface area contributed by atoms with Gasteiger partial charge in [0.25, 0.3) is 5.91 Å². The number of fused-ring (bicyclic) bond motifs is 1. The van der Waals surface area contributed by atoms with E-state index in [0.717, 1.165) is 28.9 Å². The van der Waals surface area contributed by atoms with E-state index in [-0.39, 0.29) is 5.91 Å². The Kier molecular flexibility index (Phi) is 5.78. The van der Waals surface area contributed by atoms with Crippen molar-refractivity contribution in [3.8, 4) is 5.75 Å². The summed E-state index contributed by atoms with van der Waals surface area (Å²) in [6.07, 6.45) is 6.19. The Balaban J connectivity index is 1.64. The number of halogens is 1. The number of amides is 1. The summed E-state index contributed by atoms with van der Waals surface area (Å²) in [5.74, 6) is 0.643. The second-order valence-corrected chi connectivity index (χ2v) is 7.90. The van der Waals surface area contributed by atoms with Crippen LogP contribution < -0.4 is 9.64 Å². The van der Waals surface area contributed by atoms with Gasteiger partial charge in [0.05, 0.1) is 23.7 Å². The average molecular weight is 427 g/mol. The third-order valence-electron chi connectivity index (χ3n) is 4.49. The molecule has 4 aromatic rings. The number of methoxy groups -OCH3 is 1. The smallest absolute Gasteiger partial charge is 0.260 e. The minimum Gasteiger partial charge on any atom is -0.497 e. The normalized spacial score (nSPS) is 11.0. The predicted octanol–water partition coefficient (Wildman–Crippen LogP) is 4.89. The molecule has 0 aliphatic rings. The van der Waals surface area contributed by atoms with E-state index in [1.54, 1.807) is 48.8 Å². The monoisotopic (exact) mass is 426 g/mol. The number of benzene rings is 2. The SMILES string of the molecule is COc1ccc2nc(N(CCCn3ccnc3)C(=O)c3cccc(Cl)c3)sc2c1. The molecule has 148 valence electrons. The Morgan fingerprint density at radius 1 is 1.28 bits per heavy atom. The quantitative estimate of drug-likeness (QED) is 0.422. The van der Waals surface area contributed by atoms with E-state index in [0.29, 0.717) is 22.3 Å². The number of aromatic nitrogens is 3. The van der Waals surface area contributed by atoms with Gasteiger partial charge in [-0.3, -0.25) is 9.69 Å². The Bertz CT molecular complexity index is 1130. The standard InChI is InChI=1S/C21H19ClN4O2S/c1-28-17-6-7-18-19(13-17)29-21(24-18)26(10-3-9-25-11-8-23-14-25)20(27)15-4-2-5-16(22)12-15/h2,4-8,11-14H,3,9-10H2,1H3. The lowest BCUT2D eigenvalue weighted by Crippen LogP contribution is -2.32. The van der Waals surface area contributed by atoms with Gasteiger partial charge in [0.1, 0.15) is 5.75 Å². The van der Waals surface area contributed by atoms with Crippen molar-refractivity contribution in [1.29, 1.82) is 0 Å². The van der Waals surface area contributed by atoms with Crippen LogP contribution in [0.5, 0.6) is 5.75 Å². The lowest BCUT2D eigenvalue weighted by atomic mass is 10.2. The molecule has 0 saturated carbocycles. The second-order valence-electron chi connectivity index (χ2n) is 6.45. The number of thiazole rings is 1. The summed E-state index contributed by atoms with van der Waals surface area (Å²) in [5.41, 5.74) is 1.38. The molecule has 0 spiro atoms. The van der Waals surface area contributed by atoms with E-state index in [4.69, 9.17) is 16.3 Å². The molecule has 0 bridgehead atoms. The van der Waals surface area contributed by atoms with Crippen molar-refractivity contribution >= 4 is 44.2 Å². The maximum Gasteiger partial charge on any atom is 0.260 e. The number of hydrogen-bond acceptors (Lipinski definition) is 5. The maximum atomic E-state index is 13.3. The van der Waals surface area contributed by atoms with Gasteiger partial charge in [-0.25, -0.2) is 9.97 Å². The van der Waals surface area contributed by atoms with Crippen molar-refractivity contribution in [3.63, 3.8) is 0 Å². The molecule has 6 nitrogen and oxygen atoms in total. The van der Waals surface area contributed by atoms with Crippen LogP contribution >= 0.6 is 22.9 Å². The first-order valence-corrected chi connectivity index (χ1v) is 10.3. The minimum absolute atomic E-state index is 0.121. The summed E-state index contributed by atoms with van der Waals surface area (Å²) in [4.78, 5) is 23.8. The Labute approximate surface area is 177 Å². The van der Waals surface area contributed by atoms with Crippen LogP contribution in [0.25, 0.3) is 10.2 Å². The Hall–Kier alpha value is -2.90. The molecule has 0 fully saturated rings. The molecule has 0 aliphatic carbocycles. The van der Waals surface area contributed by atoms with Gasteiger partial charge in [-0.2, -0.15) is 0 Å². The molecule has 2 heterocycles. The van der Waals surface area contributed by atoms with Crippen LogP contribution in [0.4, 0.5) is 5.13 Å². The fourth-order valence-electron chi connectivity index (χ4n) is 3.03. The molecule has 0 atom stereocenters. The molecule has 0 saturated heterocycles. The van der Waals surface area contributed by atoms with Gasteiger partial charge in [-0.05, 0) is 42.8 Å². The van der Waals surface area contributed by atoms with Crippen LogP contribution in [-0.2, 0) is 6.54 Å². The number of imidazole rings is 1. The fourth-order valence-corrected chi connectivity index (χ4v) is 4.24.